The van der Waals surface area contributed by atoms with Gasteiger partial charge in [0.1, 0.15) is 18.4 Å². The molecular formula is C14H14FN3O5. The number of aliphatic hydroxyl groups excluding tert-OH is 1. The van der Waals surface area contributed by atoms with Crippen LogP contribution in [-0.4, -0.2) is 38.5 Å². The first-order chi connectivity index (χ1) is 11.1. The van der Waals surface area contributed by atoms with E-state index in [9.17, 15) is 19.1 Å². The van der Waals surface area contributed by atoms with Gasteiger partial charge in [0.2, 0.25) is 11.7 Å². The number of hydrogen-bond donors (Lipinski definition) is 2. The predicted octanol–water partition coefficient (Wildman–Crippen LogP) is -0.202. The zero-order valence-corrected chi connectivity index (χ0v) is 11.9. The van der Waals surface area contributed by atoms with E-state index in [4.69, 9.17) is 9.47 Å². The van der Waals surface area contributed by atoms with Gasteiger partial charge in [-0.1, -0.05) is 6.07 Å². The zero-order valence-electron chi connectivity index (χ0n) is 11.9. The van der Waals surface area contributed by atoms with Crippen molar-refractivity contribution in [2.75, 3.05) is 6.61 Å². The highest BCUT2D eigenvalue weighted by Crippen LogP contribution is 2.30. The van der Waals surface area contributed by atoms with Crippen LogP contribution in [0.15, 0.2) is 40.2 Å². The van der Waals surface area contributed by atoms with Crippen molar-refractivity contribution in [2.45, 2.75) is 24.9 Å². The SMILES string of the molecule is O=c1[nH]c(=O)n([C@H]2C[C@H](Oc3ccccn3)[C@@H](CO)O2)cc1F. The van der Waals surface area contributed by atoms with Crippen LogP contribution >= 0.6 is 0 Å². The Morgan fingerprint density at radius 2 is 2.30 bits per heavy atom. The van der Waals surface area contributed by atoms with Gasteiger partial charge in [0.25, 0.3) is 5.56 Å². The molecule has 122 valence electrons. The topological polar surface area (TPSA) is 106 Å². The first-order valence-corrected chi connectivity index (χ1v) is 6.93. The molecule has 3 heterocycles. The van der Waals surface area contributed by atoms with Crippen LogP contribution in [0.4, 0.5) is 4.39 Å². The van der Waals surface area contributed by atoms with E-state index >= 15 is 0 Å². The van der Waals surface area contributed by atoms with Gasteiger partial charge in [-0.25, -0.2) is 9.78 Å². The summed E-state index contributed by atoms with van der Waals surface area (Å²) in [6.07, 6.45) is 0.389. The molecule has 0 amide bonds. The van der Waals surface area contributed by atoms with E-state index in [1.807, 2.05) is 4.98 Å². The van der Waals surface area contributed by atoms with E-state index in [1.54, 1.807) is 24.4 Å². The molecule has 0 spiro atoms. The van der Waals surface area contributed by atoms with Gasteiger partial charge in [-0.15, -0.1) is 0 Å². The molecule has 0 saturated carbocycles. The third kappa shape index (κ3) is 3.15. The van der Waals surface area contributed by atoms with Gasteiger partial charge >= 0.3 is 5.69 Å². The molecule has 9 heteroatoms. The maximum Gasteiger partial charge on any atom is 0.330 e. The summed E-state index contributed by atoms with van der Waals surface area (Å²) >= 11 is 0. The summed E-state index contributed by atoms with van der Waals surface area (Å²) in [5, 5.41) is 9.40. The lowest BCUT2D eigenvalue weighted by Crippen LogP contribution is -2.34. The number of nitrogens with zero attached hydrogens (tertiary/aromatic N) is 2. The number of aromatic nitrogens is 3. The van der Waals surface area contributed by atoms with Gasteiger partial charge in [0.15, 0.2) is 0 Å². The fraction of sp³-hybridized carbons (Fsp3) is 0.357. The van der Waals surface area contributed by atoms with Crippen molar-refractivity contribution in [3.8, 4) is 5.88 Å². The third-order valence-corrected chi connectivity index (χ3v) is 3.50. The van der Waals surface area contributed by atoms with Crippen LogP contribution in [0.2, 0.25) is 0 Å². The molecule has 2 aromatic rings. The summed E-state index contributed by atoms with van der Waals surface area (Å²) in [5.74, 6) is -0.747. The van der Waals surface area contributed by atoms with Crippen LogP contribution in [0.5, 0.6) is 5.88 Å². The molecule has 0 aromatic carbocycles. The summed E-state index contributed by atoms with van der Waals surface area (Å²) in [4.78, 5) is 28.7. The number of H-pyrrole nitrogens is 1. The first-order valence-electron chi connectivity index (χ1n) is 6.93. The van der Waals surface area contributed by atoms with E-state index in [0.717, 1.165) is 10.8 Å². The molecule has 2 N–H and O–H groups in total. The molecule has 2 aromatic heterocycles. The summed E-state index contributed by atoms with van der Waals surface area (Å²) in [5.41, 5.74) is -1.89. The molecule has 1 aliphatic heterocycles. The van der Waals surface area contributed by atoms with Crippen LogP contribution in [-0.2, 0) is 4.74 Å². The second kappa shape index (κ2) is 6.31. The Labute approximate surface area is 129 Å². The van der Waals surface area contributed by atoms with Crippen molar-refractivity contribution in [3.05, 3.63) is 57.2 Å². The van der Waals surface area contributed by atoms with E-state index in [-0.39, 0.29) is 13.0 Å². The molecule has 0 aliphatic carbocycles. The van der Waals surface area contributed by atoms with E-state index < -0.39 is 35.5 Å². The number of aliphatic hydroxyl groups is 1. The highest BCUT2D eigenvalue weighted by molar-refractivity contribution is 5.10. The zero-order chi connectivity index (χ0) is 16.4. The average molecular weight is 323 g/mol. The van der Waals surface area contributed by atoms with Crippen LogP contribution < -0.4 is 16.0 Å². The van der Waals surface area contributed by atoms with E-state index in [2.05, 4.69) is 4.98 Å². The highest BCUT2D eigenvalue weighted by atomic mass is 19.1. The summed E-state index contributed by atoms with van der Waals surface area (Å²) in [7, 11) is 0. The van der Waals surface area contributed by atoms with Crippen molar-refractivity contribution in [1.29, 1.82) is 0 Å². The maximum absolute atomic E-state index is 13.4. The van der Waals surface area contributed by atoms with Crippen LogP contribution in [0.1, 0.15) is 12.6 Å². The minimum absolute atomic E-state index is 0.188. The van der Waals surface area contributed by atoms with Crippen molar-refractivity contribution in [1.82, 2.24) is 14.5 Å². The molecule has 0 unspecified atom stereocenters. The summed E-state index contributed by atoms with van der Waals surface area (Å²) in [6, 6.07) is 5.12. The van der Waals surface area contributed by atoms with Crippen molar-refractivity contribution in [3.63, 3.8) is 0 Å². The Balaban J connectivity index is 1.83. The van der Waals surface area contributed by atoms with Gasteiger partial charge in [0.05, 0.1) is 12.8 Å². The molecule has 3 rings (SSSR count). The third-order valence-electron chi connectivity index (χ3n) is 3.50. The minimum atomic E-state index is -1.09. The molecule has 1 aliphatic rings. The average Bonchev–Trinajstić information content (AvgIpc) is 2.94. The molecule has 8 nitrogen and oxygen atoms in total. The number of halogens is 1. The van der Waals surface area contributed by atoms with Gasteiger partial charge in [-0.3, -0.25) is 14.3 Å². The van der Waals surface area contributed by atoms with Gasteiger partial charge < -0.3 is 14.6 Å². The normalized spacial score (nSPS) is 23.8. The molecular weight excluding hydrogens is 309 g/mol. The fourth-order valence-corrected chi connectivity index (χ4v) is 2.41. The van der Waals surface area contributed by atoms with Crippen molar-refractivity contribution < 1.29 is 19.0 Å². The van der Waals surface area contributed by atoms with Crippen molar-refractivity contribution in [2.24, 2.45) is 0 Å². The highest BCUT2D eigenvalue weighted by Gasteiger charge is 2.38. The Bertz CT molecular complexity index is 791. The second-order valence-corrected chi connectivity index (χ2v) is 5.02. The predicted molar refractivity (Wildman–Crippen MR) is 75.5 cm³/mol. The van der Waals surface area contributed by atoms with Crippen LogP contribution in [0, 0.1) is 5.82 Å². The molecule has 1 saturated heterocycles. The van der Waals surface area contributed by atoms with Crippen LogP contribution in [0.25, 0.3) is 0 Å². The molecule has 1 fully saturated rings. The molecule has 23 heavy (non-hydrogen) atoms. The van der Waals surface area contributed by atoms with Gasteiger partial charge in [0, 0.05) is 18.7 Å². The number of pyridine rings is 1. The summed E-state index contributed by atoms with van der Waals surface area (Å²) in [6.45, 7) is -0.339. The number of aromatic amines is 1. The van der Waals surface area contributed by atoms with Gasteiger partial charge in [-0.2, -0.15) is 4.39 Å². The Morgan fingerprint density at radius 1 is 1.48 bits per heavy atom. The quantitative estimate of drug-likeness (QED) is 0.807. The Hall–Kier alpha value is -2.52. The largest absolute Gasteiger partial charge is 0.471 e. The Morgan fingerprint density at radius 3 is 3.00 bits per heavy atom. The van der Waals surface area contributed by atoms with Crippen molar-refractivity contribution >= 4 is 0 Å². The Kier molecular flexibility index (Phi) is 4.22. The van der Waals surface area contributed by atoms with Crippen LogP contribution in [0.3, 0.4) is 0 Å². The number of nitrogens with one attached hydrogen (secondary N) is 1. The van der Waals surface area contributed by atoms with E-state index in [1.165, 1.54) is 0 Å². The molecule has 0 radical (unpaired) electrons. The smallest absolute Gasteiger partial charge is 0.330 e. The first kappa shape index (κ1) is 15.4. The number of rotatable bonds is 4. The lowest BCUT2D eigenvalue weighted by atomic mass is 10.2. The standard InChI is InChI=1S/C14H14FN3O5/c15-8-6-18(14(21)17-13(8)20)12-5-9(10(7-19)23-12)22-11-3-1-2-4-16-11/h1-4,6,9-10,12,19H,5,7H2,(H,17,20,21)/t9-,10+,12+/m0/s1. The molecule has 0 bridgehead atoms. The summed E-state index contributed by atoms with van der Waals surface area (Å²) < 4.78 is 25.5. The lowest BCUT2D eigenvalue weighted by molar-refractivity contribution is -0.0429. The number of ether oxygens (including phenoxy) is 2. The maximum atomic E-state index is 13.4. The lowest BCUT2D eigenvalue weighted by Gasteiger charge is -2.16. The van der Waals surface area contributed by atoms with E-state index in [0.29, 0.717) is 5.88 Å². The fourth-order valence-electron chi connectivity index (χ4n) is 2.41. The minimum Gasteiger partial charge on any atom is -0.471 e. The van der Waals surface area contributed by atoms with Gasteiger partial charge in [-0.05, 0) is 6.07 Å². The second-order valence-electron chi connectivity index (χ2n) is 5.02. The molecule has 3 atom stereocenters. The monoisotopic (exact) mass is 323 g/mol. The number of hydrogen-bond acceptors (Lipinski definition) is 6.